The Labute approximate surface area is 112 Å². The lowest BCUT2D eigenvalue weighted by Crippen LogP contribution is -2.11. The van der Waals surface area contributed by atoms with Crippen LogP contribution in [0.3, 0.4) is 0 Å². The zero-order valence-corrected chi connectivity index (χ0v) is 11.8. The number of aromatic amines is 1. The predicted octanol–water partition coefficient (Wildman–Crippen LogP) is 3.85. The van der Waals surface area contributed by atoms with Crippen molar-refractivity contribution in [2.24, 2.45) is 0 Å². The summed E-state index contributed by atoms with van der Waals surface area (Å²) < 4.78 is 8.16. The van der Waals surface area contributed by atoms with Gasteiger partial charge in [-0.3, -0.25) is 5.10 Å². The minimum absolute atomic E-state index is 0.318. The molecule has 0 saturated heterocycles. The van der Waals surface area contributed by atoms with E-state index >= 15 is 0 Å². The molecule has 2 aromatic heterocycles. The third-order valence-corrected chi connectivity index (χ3v) is 3.37. The van der Waals surface area contributed by atoms with Crippen LogP contribution in [0.5, 0.6) is 0 Å². The van der Waals surface area contributed by atoms with Crippen LogP contribution in [0.25, 0.3) is 0 Å². The number of aryl methyl sites for hydroxylation is 1. The van der Waals surface area contributed by atoms with Gasteiger partial charge in [-0.2, -0.15) is 5.10 Å². The molecule has 0 aliphatic heterocycles. The van der Waals surface area contributed by atoms with Crippen LogP contribution in [0, 0.1) is 4.77 Å². The second-order valence-corrected chi connectivity index (χ2v) is 5.27. The molecular formula is C13H19N3OS. The van der Waals surface area contributed by atoms with Gasteiger partial charge in [0.15, 0.2) is 4.77 Å². The smallest absolute Gasteiger partial charge is 0.195 e. The van der Waals surface area contributed by atoms with Crippen LogP contribution in [-0.4, -0.2) is 14.8 Å². The molecule has 1 unspecified atom stereocenters. The van der Waals surface area contributed by atoms with Gasteiger partial charge in [0.2, 0.25) is 0 Å². The highest BCUT2D eigenvalue weighted by Crippen LogP contribution is 2.21. The summed E-state index contributed by atoms with van der Waals surface area (Å²) in [7, 11) is 0. The maximum Gasteiger partial charge on any atom is 0.195 e. The normalized spacial score (nSPS) is 13.1. The number of aromatic nitrogens is 3. The molecule has 2 heterocycles. The van der Waals surface area contributed by atoms with E-state index in [-0.39, 0.29) is 0 Å². The van der Waals surface area contributed by atoms with E-state index in [0.717, 1.165) is 24.4 Å². The van der Waals surface area contributed by atoms with E-state index in [2.05, 4.69) is 35.5 Å². The molecule has 0 saturated carbocycles. The predicted molar refractivity (Wildman–Crippen MR) is 73.2 cm³/mol. The molecular weight excluding hydrogens is 246 g/mol. The fourth-order valence-corrected chi connectivity index (χ4v) is 2.40. The van der Waals surface area contributed by atoms with Crippen molar-refractivity contribution in [3.8, 4) is 0 Å². The largest absolute Gasteiger partial charge is 0.469 e. The number of rotatable bonds is 5. The molecule has 98 valence electrons. The van der Waals surface area contributed by atoms with E-state index in [4.69, 9.17) is 16.6 Å². The Morgan fingerprint density at radius 1 is 1.44 bits per heavy atom. The number of nitrogens with one attached hydrogen (secondary N) is 1. The van der Waals surface area contributed by atoms with Crippen LogP contribution in [-0.2, 0) is 6.42 Å². The van der Waals surface area contributed by atoms with Gasteiger partial charge in [0.1, 0.15) is 11.6 Å². The van der Waals surface area contributed by atoms with Gasteiger partial charge in [0.05, 0.1) is 6.26 Å². The van der Waals surface area contributed by atoms with Gasteiger partial charge in [0, 0.05) is 18.4 Å². The molecule has 1 N–H and O–H groups in total. The first-order chi connectivity index (χ1) is 8.59. The molecule has 2 rings (SSSR count). The topological polar surface area (TPSA) is 46.8 Å². The van der Waals surface area contributed by atoms with Crippen molar-refractivity contribution in [3.63, 3.8) is 0 Å². The molecule has 4 nitrogen and oxygen atoms in total. The minimum Gasteiger partial charge on any atom is -0.469 e. The highest BCUT2D eigenvalue weighted by molar-refractivity contribution is 7.71. The zero-order valence-electron chi connectivity index (χ0n) is 11.0. The van der Waals surface area contributed by atoms with E-state index in [9.17, 15) is 0 Å². The van der Waals surface area contributed by atoms with Crippen molar-refractivity contribution in [2.75, 3.05) is 0 Å². The van der Waals surface area contributed by atoms with E-state index < -0.39 is 0 Å². The molecule has 0 aliphatic rings. The molecule has 0 aromatic carbocycles. The lowest BCUT2D eigenvalue weighted by atomic mass is 10.1. The molecule has 18 heavy (non-hydrogen) atoms. The van der Waals surface area contributed by atoms with E-state index in [1.54, 1.807) is 6.26 Å². The summed E-state index contributed by atoms with van der Waals surface area (Å²) in [5.74, 6) is 2.40. The van der Waals surface area contributed by atoms with Gasteiger partial charge in [-0.1, -0.05) is 13.8 Å². The van der Waals surface area contributed by atoms with Crippen LogP contribution in [0.15, 0.2) is 22.8 Å². The molecule has 0 radical (unpaired) electrons. The SMILES string of the molecule is CC(C)c1n[nH]c(=S)n1C(C)CCc1ccco1. The quantitative estimate of drug-likeness (QED) is 0.835. The van der Waals surface area contributed by atoms with Crippen molar-refractivity contribution in [2.45, 2.75) is 45.6 Å². The molecule has 0 bridgehead atoms. The number of furan rings is 1. The van der Waals surface area contributed by atoms with Gasteiger partial charge >= 0.3 is 0 Å². The van der Waals surface area contributed by atoms with E-state index in [0.29, 0.717) is 16.7 Å². The molecule has 0 amide bonds. The summed E-state index contributed by atoms with van der Waals surface area (Å²) in [4.78, 5) is 0. The first-order valence-corrected chi connectivity index (χ1v) is 6.69. The number of hydrogen-bond donors (Lipinski definition) is 1. The maximum absolute atomic E-state index is 5.35. The molecule has 2 aromatic rings. The van der Waals surface area contributed by atoms with Crippen LogP contribution < -0.4 is 0 Å². The molecule has 1 atom stereocenters. The summed E-state index contributed by atoms with van der Waals surface area (Å²) in [6.45, 7) is 6.42. The standard InChI is InChI=1S/C13H19N3OS/c1-9(2)12-14-15-13(18)16(12)10(3)6-7-11-5-4-8-17-11/h4-5,8-10H,6-7H2,1-3H3,(H,15,18). The van der Waals surface area contributed by atoms with Crippen molar-refractivity contribution in [1.82, 2.24) is 14.8 Å². The van der Waals surface area contributed by atoms with Gasteiger partial charge in [-0.15, -0.1) is 0 Å². The average Bonchev–Trinajstić information content (AvgIpc) is 2.94. The molecule has 5 heteroatoms. The lowest BCUT2D eigenvalue weighted by Gasteiger charge is -2.16. The third kappa shape index (κ3) is 2.72. The summed E-state index contributed by atoms with van der Waals surface area (Å²) in [6.07, 6.45) is 3.61. The minimum atomic E-state index is 0.318. The Bertz CT molecular complexity index is 539. The molecule has 0 fully saturated rings. The van der Waals surface area contributed by atoms with Crippen molar-refractivity contribution >= 4 is 12.2 Å². The maximum atomic E-state index is 5.35. The average molecular weight is 265 g/mol. The van der Waals surface area contributed by atoms with E-state index in [1.165, 1.54) is 0 Å². The fourth-order valence-electron chi connectivity index (χ4n) is 2.09. The zero-order chi connectivity index (χ0) is 13.1. The Kier molecular flexibility index (Phi) is 4.01. The first kappa shape index (κ1) is 13.1. The first-order valence-electron chi connectivity index (χ1n) is 6.28. The summed E-state index contributed by atoms with van der Waals surface area (Å²) >= 11 is 5.30. The number of H-pyrrole nitrogens is 1. The van der Waals surface area contributed by atoms with E-state index in [1.807, 2.05) is 12.1 Å². The number of nitrogens with zero attached hydrogens (tertiary/aromatic N) is 2. The summed E-state index contributed by atoms with van der Waals surface area (Å²) in [5.41, 5.74) is 0. The summed E-state index contributed by atoms with van der Waals surface area (Å²) in [5, 5.41) is 7.19. The van der Waals surface area contributed by atoms with Crippen molar-refractivity contribution < 1.29 is 4.42 Å². The monoisotopic (exact) mass is 265 g/mol. The number of hydrogen-bond acceptors (Lipinski definition) is 3. The van der Waals surface area contributed by atoms with Crippen molar-refractivity contribution in [3.05, 3.63) is 34.8 Å². The summed E-state index contributed by atoms with van der Waals surface area (Å²) in [6, 6.07) is 4.24. The van der Waals surface area contributed by atoms with Crippen molar-refractivity contribution in [1.29, 1.82) is 0 Å². The second-order valence-electron chi connectivity index (χ2n) is 4.88. The third-order valence-electron chi connectivity index (χ3n) is 3.08. The van der Waals surface area contributed by atoms with Crippen LogP contribution in [0.1, 0.15) is 50.7 Å². The van der Waals surface area contributed by atoms with Gasteiger partial charge in [-0.25, -0.2) is 0 Å². The van der Waals surface area contributed by atoms with Gasteiger partial charge in [0.25, 0.3) is 0 Å². The second kappa shape index (κ2) is 5.52. The fraction of sp³-hybridized carbons (Fsp3) is 0.538. The Balaban J connectivity index is 2.11. The highest BCUT2D eigenvalue weighted by atomic mass is 32.1. The molecule has 0 aliphatic carbocycles. The van der Waals surface area contributed by atoms with Crippen LogP contribution in [0.4, 0.5) is 0 Å². The van der Waals surface area contributed by atoms with Crippen LogP contribution in [0.2, 0.25) is 0 Å². The highest BCUT2D eigenvalue weighted by Gasteiger charge is 2.15. The Hall–Kier alpha value is -1.36. The van der Waals surface area contributed by atoms with Gasteiger partial charge in [-0.05, 0) is 37.7 Å². The Morgan fingerprint density at radius 3 is 2.83 bits per heavy atom. The van der Waals surface area contributed by atoms with Crippen LogP contribution >= 0.6 is 12.2 Å². The molecule has 0 spiro atoms. The lowest BCUT2D eigenvalue weighted by molar-refractivity contribution is 0.437. The van der Waals surface area contributed by atoms with Gasteiger partial charge < -0.3 is 8.98 Å². The Morgan fingerprint density at radius 2 is 2.22 bits per heavy atom.